The molecular weight excluding hydrogens is 270 g/mol. The Balaban J connectivity index is 2.22. The lowest BCUT2D eigenvalue weighted by Crippen LogP contribution is -2.24. The first-order chi connectivity index (χ1) is 9.41. The van der Waals surface area contributed by atoms with Crippen molar-refractivity contribution >= 4 is 11.6 Å². The summed E-state index contributed by atoms with van der Waals surface area (Å²) in [7, 11) is 1.72. The number of likely N-dealkylation sites (tertiary alicyclic amines) is 1. The van der Waals surface area contributed by atoms with Crippen LogP contribution in [0.1, 0.15) is 50.1 Å². The van der Waals surface area contributed by atoms with Crippen molar-refractivity contribution in [2.45, 2.75) is 44.4 Å². The van der Waals surface area contributed by atoms with Crippen LogP contribution in [0.25, 0.3) is 0 Å². The van der Waals surface area contributed by atoms with E-state index in [4.69, 9.17) is 16.3 Å². The third-order valence-electron chi connectivity index (χ3n) is 4.05. The number of hydrogen-bond acceptors (Lipinski definition) is 2. The highest BCUT2D eigenvalue weighted by Crippen LogP contribution is 2.35. The minimum Gasteiger partial charge on any atom is -0.496 e. The normalized spacial score (nSPS) is 18.2. The number of ether oxygens (including phenoxy) is 1. The SMILES string of the molecule is COc1ccc(C(C)(C)C)cc1C(Cl)CN1CCCC1. The molecule has 0 spiro atoms. The van der Waals surface area contributed by atoms with Crippen molar-refractivity contribution in [2.24, 2.45) is 0 Å². The standard InChI is InChI=1S/C17H26ClNO/c1-17(2,3)13-7-8-16(20-4)14(11-13)15(18)12-19-9-5-6-10-19/h7-8,11,15H,5-6,9-10,12H2,1-4H3. The van der Waals surface area contributed by atoms with E-state index in [0.29, 0.717) is 0 Å². The Kier molecular flexibility index (Phi) is 4.98. The van der Waals surface area contributed by atoms with Gasteiger partial charge in [-0.05, 0) is 43.0 Å². The van der Waals surface area contributed by atoms with Crippen LogP contribution in [0, 0.1) is 0 Å². The predicted molar refractivity (Wildman–Crippen MR) is 86.0 cm³/mol. The molecule has 1 aliphatic heterocycles. The van der Waals surface area contributed by atoms with E-state index in [1.54, 1.807) is 7.11 Å². The zero-order valence-electron chi connectivity index (χ0n) is 13.1. The summed E-state index contributed by atoms with van der Waals surface area (Å²) in [4.78, 5) is 2.45. The zero-order valence-corrected chi connectivity index (χ0v) is 13.8. The highest BCUT2D eigenvalue weighted by Gasteiger charge is 2.22. The maximum Gasteiger partial charge on any atom is 0.123 e. The molecule has 1 atom stereocenters. The summed E-state index contributed by atoms with van der Waals surface area (Å²) in [6.07, 6.45) is 2.59. The van der Waals surface area contributed by atoms with E-state index in [2.05, 4.69) is 43.9 Å². The van der Waals surface area contributed by atoms with E-state index in [-0.39, 0.29) is 10.8 Å². The molecule has 1 fully saturated rings. The number of alkyl halides is 1. The molecule has 0 amide bonds. The largest absolute Gasteiger partial charge is 0.496 e. The molecule has 0 bridgehead atoms. The first kappa shape index (κ1) is 15.7. The van der Waals surface area contributed by atoms with E-state index in [9.17, 15) is 0 Å². The summed E-state index contributed by atoms with van der Waals surface area (Å²) in [5.41, 5.74) is 2.56. The van der Waals surface area contributed by atoms with Crippen molar-refractivity contribution in [3.05, 3.63) is 29.3 Å². The third kappa shape index (κ3) is 3.67. The van der Waals surface area contributed by atoms with Crippen molar-refractivity contribution < 1.29 is 4.74 Å². The first-order valence-corrected chi connectivity index (χ1v) is 7.90. The van der Waals surface area contributed by atoms with Crippen LogP contribution in [-0.4, -0.2) is 31.6 Å². The van der Waals surface area contributed by atoms with Crippen LogP contribution in [0.4, 0.5) is 0 Å². The first-order valence-electron chi connectivity index (χ1n) is 7.46. The van der Waals surface area contributed by atoms with Crippen LogP contribution in [0.15, 0.2) is 18.2 Å². The van der Waals surface area contributed by atoms with Gasteiger partial charge in [0.15, 0.2) is 0 Å². The number of methoxy groups -OCH3 is 1. The fourth-order valence-corrected chi connectivity index (χ4v) is 3.10. The summed E-state index contributed by atoms with van der Waals surface area (Å²) in [5, 5.41) is -0.00894. The van der Waals surface area contributed by atoms with Gasteiger partial charge in [-0.25, -0.2) is 0 Å². The van der Waals surface area contributed by atoms with E-state index in [1.165, 1.54) is 31.5 Å². The Morgan fingerprint density at radius 3 is 2.45 bits per heavy atom. The van der Waals surface area contributed by atoms with Gasteiger partial charge in [0.05, 0.1) is 12.5 Å². The van der Waals surface area contributed by atoms with Gasteiger partial charge in [-0.2, -0.15) is 0 Å². The highest BCUT2D eigenvalue weighted by atomic mass is 35.5. The van der Waals surface area contributed by atoms with Gasteiger partial charge in [-0.3, -0.25) is 0 Å². The molecule has 0 radical (unpaired) electrons. The van der Waals surface area contributed by atoms with Crippen LogP contribution in [0.2, 0.25) is 0 Å². The van der Waals surface area contributed by atoms with E-state index in [0.717, 1.165) is 17.9 Å². The second-order valence-corrected chi connectivity index (χ2v) is 7.21. The van der Waals surface area contributed by atoms with Crippen LogP contribution in [-0.2, 0) is 5.41 Å². The molecule has 1 aromatic carbocycles. The summed E-state index contributed by atoms with van der Waals surface area (Å²) in [6, 6.07) is 6.41. The second kappa shape index (κ2) is 6.36. The average Bonchev–Trinajstić information content (AvgIpc) is 2.89. The van der Waals surface area contributed by atoms with Crippen molar-refractivity contribution in [2.75, 3.05) is 26.7 Å². The Morgan fingerprint density at radius 2 is 1.90 bits per heavy atom. The summed E-state index contributed by atoms with van der Waals surface area (Å²) >= 11 is 6.67. The summed E-state index contributed by atoms with van der Waals surface area (Å²) in [6.45, 7) is 9.92. The Bertz CT molecular complexity index is 447. The van der Waals surface area contributed by atoms with Crippen molar-refractivity contribution in [1.29, 1.82) is 0 Å². The Labute approximate surface area is 128 Å². The molecular formula is C17H26ClNO. The predicted octanol–water partition coefficient (Wildman–Crippen LogP) is 4.37. The molecule has 0 saturated carbocycles. The average molecular weight is 296 g/mol. The molecule has 0 aliphatic carbocycles. The fourth-order valence-electron chi connectivity index (χ4n) is 2.74. The van der Waals surface area contributed by atoms with Gasteiger partial charge in [0.2, 0.25) is 0 Å². The Hall–Kier alpha value is -0.730. The van der Waals surface area contributed by atoms with Crippen LogP contribution >= 0.6 is 11.6 Å². The topological polar surface area (TPSA) is 12.5 Å². The number of rotatable bonds is 4. The minimum atomic E-state index is -0.00894. The smallest absolute Gasteiger partial charge is 0.123 e. The van der Waals surface area contributed by atoms with Gasteiger partial charge >= 0.3 is 0 Å². The van der Waals surface area contributed by atoms with Crippen LogP contribution in [0.5, 0.6) is 5.75 Å². The zero-order chi connectivity index (χ0) is 14.8. The summed E-state index contributed by atoms with van der Waals surface area (Å²) < 4.78 is 5.50. The summed E-state index contributed by atoms with van der Waals surface area (Å²) in [5.74, 6) is 0.900. The van der Waals surface area contributed by atoms with Gasteiger partial charge < -0.3 is 9.64 Å². The monoisotopic (exact) mass is 295 g/mol. The number of halogens is 1. The molecule has 20 heavy (non-hydrogen) atoms. The van der Waals surface area contributed by atoms with Gasteiger partial charge in [-0.15, -0.1) is 11.6 Å². The molecule has 1 unspecified atom stereocenters. The number of nitrogens with zero attached hydrogens (tertiary/aromatic N) is 1. The number of hydrogen-bond donors (Lipinski definition) is 0. The number of benzene rings is 1. The third-order valence-corrected chi connectivity index (χ3v) is 4.42. The lowest BCUT2D eigenvalue weighted by molar-refractivity contribution is 0.334. The molecule has 1 saturated heterocycles. The van der Waals surface area contributed by atoms with E-state index < -0.39 is 0 Å². The van der Waals surface area contributed by atoms with Crippen molar-refractivity contribution in [1.82, 2.24) is 4.90 Å². The van der Waals surface area contributed by atoms with Crippen LogP contribution in [0.3, 0.4) is 0 Å². The van der Waals surface area contributed by atoms with Gasteiger partial charge in [0.25, 0.3) is 0 Å². The highest BCUT2D eigenvalue weighted by molar-refractivity contribution is 6.21. The van der Waals surface area contributed by atoms with Gasteiger partial charge in [0.1, 0.15) is 5.75 Å². The van der Waals surface area contributed by atoms with Gasteiger partial charge in [0, 0.05) is 12.1 Å². The second-order valence-electron chi connectivity index (χ2n) is 6.68. The molecule has 2 rings (SSSR count). The van der Waals surface area contributed by atoms with E-state index in [1.807, 2.05) is 0 Å². The molecule has 1 heterocycles. The Morgan fingerprint density at radius 1 is 1.25 bits per heavy atom. The minimum absolute atomic E-state index is 0.00894. The molecule has 1 aromatic rings. The van der Waals surface area contributed by atoms with Crippen molar-refractivity contribution in [3.63, 3.8) is 0 Å². The molecule has 1 aliphatic rings. The maximum atomic E-state index is 6.67. The maximum absolute atomic E-state index is 6.67. The van der Waals surface area contributed by atoms with E-state index >= 15 is 0 Å². The lowest BCUT2D eigenvalue weighted by atomic mass is 9.85. The fraction of sp³-hybridized carbons (Fsp3) is 0.647. The molecule has 0 aromatic heterocycles. The molecule has 0 N–H and O–H groups in total. The van der Waals surface area contributed by atoms with Crippen molar-refractivity contribution in [3.8, 4) is 5.75 Å². The van der Waals surface area contributed by atoms with Crippen LogP contribution < -0.4 is 4.74 Å². The quantitative estimate of drug-likeness (QED) is 0.765. The molecule has 2 nitrogen and oxygen atoms in total. The lowest BCUT2D eigenvalue weighted by Gasteiger charge is -2.24. The molecule has 112 valence electrons. The molecule has 3 heteroatoms. The van der Waals surface area contributed by atoms with Gasteiger partial charge in [-0.1, -0.05) is 32.9 Å².